The molecule has 4 heteroatoms. The van der Waals surface area contributed by atoms with Crippen LogP contribution < -0.4 is 9.47 Å². The van der Waals surface area contributed by atoms with Gasteiger partial charge in [0.15, 0.2) is 0 Å². The predicted molar refractivity (Wildman–Crippen MR) is 66.6 cm³/mol. The fourth-order valence-electron chi connectivity index (χ4n) is 1.38. The zero-order chi connectivity index (χ0) is 12.1. The van der Waals surface area contributed by atoms with E-state index in [1.807, 2.05) is 24.3 Å². The molecular formula is C13H12ClNO2. The quantitative estimate of drug-likeness (QED) is 0.779. The van der Waals surface area contributed by atoms with E-state index in [0.29, 0.717) is 17.5 Å². The van der Waals surface area contributed by atoms with Gasteiger partial charge in [-0.1, -0.05) is 23.7 Å². The van der Waals surface area contributed by atoms with Gasteiger partial charge in [0.2, 0.25) is 0 Å². The number of pyridine rings is 1. The fraction of sp³-hybridized carbons (Fsp3) is 0.154. The van der Waals surface area contributed by atoms with Crippen LogP contribution >= 0.6 is 11.6 Å². The van der Waals surface area contributed by atoms with Crippen molar-refractivity contribution in [3.8, 4) is 11.5 Å². The number of aromatic nitrogens is 1. The summed E-state index contributed by atoms with van der Waals surface area (Å²) in [7, 11) is 1.64. The van der Waals surface area contributed by atoms with Crippen molar-refractivity contribution in [2.24, 2.45) is 0 Å². The van der Waals surface area contributed by atoms with Crippen LogP contribution in [-0.2, 0) is 6.61 Å². The number of hydrogen-bond donors (Lipinski definition) is 0. The summed E-state index contributed by atoms with van der Waals surface area (Å²) in [5.41, 5.74) is 1.04. The molecule has 0 radical (unpaired) electrons. The fourth-order valence-corrected chi connectivity index (χ4v) is 1.49. The lowest BCUT2D eigenvalue weighted by molar-refractivity contribution is 0.304. The van der Waals surface area contributed by atoms with Crippen molar-refractivity contribution in [1.82, 2.24) is 4.98 Å². The van der Waals surface area contributed by atoms with Gasteiger partial charge in [-0.25, -0.2) is 4.98 Å². The average molecular weight is 250 g/mol. The van der Waals surface area contributed by atoms with E-state index < -0.39 is 0 Å². The molecular weight excluding hydrogens is 238 g/mol. The molecule has 1 aromatic carbocycles. The first-order chi connectivity index (χ1) is 8.28. The Bertz CT molecular complexity index is 485. The number of methoxy groups -OCH3 is 1. The van der Waals surface area contributed by atoms with Crippen LogP contribution in [-0.4, -0.2) is 12.1 Å². The molecule has 3 nitrogen and oxygen atoms in total. The maximum absolute atomic E-state index is 5.69. The molecule has 0 saturated heterocycles. The molecule has 0 bridgehead atoms. The Morgan fingerprint density at radius 3 is 2.76 bits per heavy atom. The van der Waals surface area contributed by atoms with Crippen LogP contribution in [0.4, 0.5) is 0 Å². The normalized spacial score (nSPS) is 10.0. The van der Waals surface area contributed by atoms with Gasteiger partial charge in [-0.3, -0.25) is 0 Å². The van der Waals surface area contributed by atoms with Gasteiger partial charge in [0.1, 0.15) is 23.3 Å². The lowest BCUT2D eigenvalue weighted by atomic mass is 10.2. The molecule has 2 aromatic rings. The summed E-state index contributed by atoms with van der Waals surface area (Å²) in [5, 5.41) is 0.457. The van der Waals surface area contributed by atoms with Gasteiger partial charge < -0.3 is 9.47 Å². The van der Waals surface area contributed by atoms with E-state index in [4.69, 9.17) is 21.1 Å². The van der Waals surface area contributed by atoms with Crippen molar-refractivity contribution in [2.45, 2.75) is 6.61 Å². The van der Waals surface area contributed by atoms with E-state index in [1.165, 1.54) is 0 Å². The molecule has 0 aliphatic heterocycles. The zero-order valence-electron chi connectivity index (χ0n) is 9.39. The van der Waals surface area contributed by atoms with Crippen LogP contribution in [0.3, 0.4) is 0 Å². The Kier molecular flexibility index (Phi) is 3.83. The first kappa shape index (κ1) is 11.7. The summed E-state index contributed by atoms with van der Waals surface area (Å²) in [4.78, 5) is 3.94. The van der Waals surface area contributed by atoms with Crippen LogP contribution in [0.15, 0.2) is 42.6 Å². The smallest absolute Gasteiger partial charge is 0.138 e. The molecule has 0 unspecified atom stereocenters. The van der Waals surface area contributed by atoms with E-state index in [9.17, 15) is 0 Å². The number of nitrogens with zero attached hydrogens (tertiary/aromatic N) is 1. The van der Waals surface area contributed by atoms with E-state index in [1.54, 1.807) is 25.4 Å². The molecule has 17 heavy (non-hydrogen) atoms. The van der Waals surface area contributed by atoms with Crippen molar-refractivity contribution in [3.05, 3.63) is 53.3 Å². The first-order valence-electron chi connectivity index (χ1n) is 5.15. The number of benzene rings is 1. The van der Waals surface area contributed by atoms with E-state index in [2.05, 4.69) is 4.98 Å². The highest BCUT2D eigenvalue weighted by molar-refractivity contribution is 6.29. The maximum atomic E-state index is 5.69. The second-order valence-electron chi connectivity index (χ2n) is 3.46. The molecule has 1 heterocycles. The van der Waals surface area contributed by atoms with E-state index >= 15 is 0 Å². The first-order valence-corrected chi connectivity index (χ1v) is 5.53. The van der Waals surface area contributed by atoms with Crippen molar-refractivity contribution >= 4 is 11.6 Å². The summed E-state index contributed by atoms with van der Waals surface area (Å²) in [5.74, 6) is 1.51. The SMILES string of the molecule is COc1cccc(COc2ccc(Cl)nc2)c1. The largest absolute Gasteiger partial charge is 0.497 e. The Labute approximate surface area is 105 Å². The van der Waals surface area contributed by atoms with Crippen molar-refractivity contribution in [2.75, 3.05) is 7.11 Å². The molecule has 0 fully saturated rings. The van der Waals surface area contributed by atoms with Crippen molar-refractivity contribution in [3.63, 3.8) is 0 Å². The van der Waals surface area contributed by atoms with Gasteiger partial charge in [0.05, 0.1) is 13.3 Å². The number of rotatable bonds is 4. The highest BCUT2D eigenvalue weighted by Gasteiger charge is 1.98. The summed E-state index contributed by atoms with van der Waals surface area (Å²) in [6.45, 7) is 0.473. The summed E-state index contributed by atoms with van der Waals surface area (Å²) in [6.07, 6.45) is 1.60. The second-order valence-corrected chi connectivity index (χ2v) is 3.84. The van der Waals surface area contributed by atoms with Crippen molar-refractivity contribution in [1.29, 1.82) is 0 Å². The zero-order valence-corrected chi connectivity index (χ0v) is 10.1. The van der Waals surface area contributed by atoms with E-state index in [0.717, 1.165) is 11.3 Å². The number of hydrogen-bond acceptors (Lipinski definition) is 3. The maximum Gasteiger partial charge on any atom is 0.138 e. The Morgan fingerprint density at radius 2 is 2.06 bits per heavy atom. The molecule has 0 amide bonds. The topological polar surface area (TPSA) is 31.4 Å². The molecule has 0 atom stereocenters. The van der Waals surface area contributed by atoms with Gasteiger partial charge in [0.25, 0.3) is 0 Å². The van der Waals surface area contributed by atoms with Gasteiger partial charge in [-0.05, 0) is 29.8 Å². The molecule has 2 rings (SSSR count). The Morgan fingerprint density at radius 1 is 1.18 bits per heavy atom. The summed E-state index contributed by atoms with van der Waals surface area (Å²) in [6, 6.07) is 11.2. The minimum absolute atomic E-state index is 0.457. The van der Waals surface area contributed by atoms with Crippen LogP contribution in [0, 0.1) is 0 Å². The van der Waals surface area contributed by atoms with Crippen LogP contribution in [0.25, 0.3) is 0 Å². The third-order valence-electron chi connectivity index (χ3n) is 2.24. The summed E-state index contributed by atoms with van der Waals surface area (Å²) >= 11 is 5.69. The minimum Gasteiger partial charge on any atom is -0.497 e. The molecule has 0 saturated carbocycles. The lowest BCUT2D eigenvalue weighted by Gasteiger charge is -2.07. The van der Waals surface area contributed by atoms with Gasteiger partial charge >= 0.3 is 0 Å². The second kappa shape index (κ2) is 5.55. The third kappa shape index (κ3) is 3.36. The van der Waals surface area contributed by atoms with E-state index in [-0.39, 0.29) is 0 Å². The van der Waals surface area contributed by atoms with Crippen LogP contribution in [0.5, 0.6) is 11.5 Å². The lowest BCUT2D eigenvalue weighted by Crippen LogP contribution is -1.96. The Balaban J connectivity index is 1.99. The Hall–Kier alpha value is -1.74. The molecule has 0 aliphatic carbocycles. The number of ether oxygens (including phenoxy) is 2. The monoisotopic (exact) mass is 249 g/mol. The third-order valence-corrected chi connectivity index (χ3v) is 2.46. The van der Waals surface area contributed by atoms with Gasteiger partial charge in [-0.15, -0.1) is 0 Å². The predicted octanol–water partition coefficient (Wildman–Crippen LogP) is 3.32. The standard InChI is InChI=1S/C13H12ClNO2/c1-16-11-4-2-3-10(7-11)9-17-12-5-6-13(14)15-8-12/h2-8H,9H2,1H3. The van der Waals surface area contributed by atoms with Crippen molar-refractivity contribution < 1.29 is 9.47 Å². The van der Waals surface area contributed by atoms with Gasteiger partial charge in [0, 0.05) is 0 Å². The molecule has 1 aromatic heterocycles. The molecule has 0 spiro atoms. The van der Waals surface area contributed by atoms with Crippen LogP contribution in [0.1, 0.15) is 5.56 Å². The summed E-state index contributed by atoms with van der Waals surface area (Å²) < 4.78 is 10.7. The molecule has 0 N–H and O–H groups in total. The minimum atomic E-state index is 0.457. The highest BCUT2D eigenvalue weighted by atomic mass is 35.5. The number of halogens is 1. The van der Waals surface area contributed by atoms with Crippen LogP contribution in [0.2, 0.25) is 5.15 Å². The highest BCUT2D eigenvalue weighted by Crippen LogP contribution is 2.16. The van der Waals surface area contributed by atoms with Gasteiger partial charge in [-0.2, -0.15) is 0 Å². The average Bonchev–Trinajstić information content (AvgIpc) is 2.38. The molecule has 88 valence electrons. The molecule has 0 aliphatic rings.